The Morgan fingerprint density at radius 1 is 1.27 bits per heavy atom. The summed E-state index contributed by atoms with van der Waals surface area (Å²) in [6.07, 6.45) is 0. The zero-order chi connectivity index (χ0) is 23.9. The van der Waals surface area contributed by atoms with Crippen molar-refractivity contribution in [1.82, 2.24) is 4.98 Å². The fraction of sp³-hybridized carbons (Fsp3) is 0.278. The van der Waals surface area contributed by atoms with Crippen molar-refractivity contribution < 1.29 is 28.9 Å². The normalized spacial score (nSPS) is 11.2. The number of carbonyl (C=O) groups excluding carboxylic acids is 3. The molecule has 1 N–H and O–H groups in total. The summed E-state index contributed by atoms with van der Waals surface area (Å²) in [7, 11) is 0. The van der Waals surface area contributed by atoms with E-state index in [0.29, 0.717) is 5.56 Å². The molecule has 11 nitrogen and oxygen atoms in total. The van der Waals surface area contributed by atoms with Crippen molar-refractivity contribution in [3.63, 3.8) is 0 Å². The molecule has 2 rings (SSSR count). The van der Waals surface area contributed by atoms with E-state index in [0.717, 1.165) is 11.3 Å². The summed E-state index contributed by atoms with van der Waals surface area (Å²) in [5.41, 5.74) is -1.54. The predicted molar refractivity (Wildman–Crippen MR) is 124 cm³/mol. The minimum absolute atomic E-state index is 0. The Balaban J connectivity index is 0.00000544. The number of nitro groups is 1. The summed E-state index contributed by atoms with van der Waals surface area (Å²) < 4.78 is 5.16. The predicted octanol–water partition coefficient (Wildman–Crippen LogP) is 3.66. The molecule has 0 atom stereocenters. The van der Waals surface area contributed by atoms with Crippen LogP contribution < -0.4 is 5.32 Å². The van der Waals surface area contributed by atoms with Crippen molar-refractivity contribution in [3.8, 4) is 0 Å². The number of halogens is 3. The molecule has 33 heavy (non-hydrogen) atoms. The number of anilines is 1. The molecule has 0 saturated carbocycles. The molecule has 15 heteroatoms. The van der Waals surface area contributed by atoms with Gasteiger partial charge in [-0.25, -0.2) is 9.78 Å². The molecule has 1 amide bonds. The number of nitrogens with zero attached hydrogens (tertiary/aromatic N) is 3. The van der Waals surface area contributed by atoms with Gasteiger partial charge in [0.1, 0.15) is 18.2 Å². The molecule has 0 bridgehead atoms. The number of aromatic nitrogens is 1. The number of ether oxygens (including phenoxy) is 1. The van der Waals surface area contributed by atoms with Crippen LogP contribution in [0.2, 0.25) is 0 Å². The topological polar surface area (TPSA) is 150 Å². The van der Waals surface area contributed by atoms with Crippen molar-refractivity contribution >= 4 is 80.6 Å². The van der Waals surface area contributed by atoms with E-state index in [2.05, 4.69) is 15.5 Å². The van der Waals surface area contributed by atoms with Crippen LogP contribution in [0.3, 0.4) is 0 Å². The molecule has 0 saturated heterocycles. The lowest BCUT2D eigenvalue weighted by molar-refractivity contribution is -0.384. The van der Waals surface area contributed by atoms with Crippen molar-refractivity contribution in [1.29, 1.82) is 0 Å². The lowest BCUT2D eigenvalue weighted by Crippen LogP contribution is -2.35. The Kier molecular flexibility index (Phi) is 10.6. The highest BCUT2D eigenvalue weighted by Crippen LogP contribution is 2.20. The van der Waals surface area contributed by atoms with Gasteiger partial charge in [0, 0.05) is 17.5 Å². The zero-order valence-corrected chi connectivity index (χ0v) is 20.2. The van der Waals surface area contributed by atoms with Gasteiger partial charge in [0.2, 0.25) is 11.5 Å². The molecule has 0 aliphatic heterocycles. The third-order valence-corrected chi connectivity index (χ3v) is 4.85. The summed E-state index contributed by atoms with van der Waals surface area (Å²) >= 11 is 12.0. The first kappa shape index (κ1) is 28.2. The average molecular weight is 540 g/mol. The van der Waals surface area contributed by atoms with Crippen LogP contribution in [0.25, 0.3) is 0 Å². The second-order valence-electron chi connectivity index (χ2n) is 6.53. The number of hydrogen-bond donors (Lipinski definition) is 1. The van der Waals surface area contributed by atoms with Gasteiger partial charge in [0.25, 0.3) is 10.9 Å². The number of carbonyl (C=O) groups is 3. The number of oxime groups is 1. The van der Waals surface area contributed by atoms with Gasteiger partial charge in [-0.05, 0) is 43.1 Å². The Morgan fingerprint density at radius 3 is 2.45 bits per heavy atom. The third kappa shape index (κ3) is 8.24. The smallest absolute Gasteiger partial charge is 0.353 e. The van der Waals surface area contributed by atoms with Crippen molar-refractivity contribution in [2.24, 2.45) is 5.16 Å². The molecule has 1 aromatic heterocycles. The molecule has 0 fully saturated rings. The highest BCUT2D eigenvalue weighted by Gasteiger charge is 2.33. The number of non-ortho nitro benzene ring substituents is 1. The van der Waals surface area contributed by atoms with Crippen LogP contribution in [-0.2, 0) is 30.6 Å². The first-order valence-corrected chi connectivity index (χ1v) is 10.5. The van der Waals surface area contributed by atoms with Crippen LogP contribution >= 0.6 is 46.9 Å². The number of hydrogen-bond acceptors (Lipinski definition) is 10. The number of nitrogens with one attached hydrogen (secondary N) is 1. The van der Waals surface area contributed by atoms with Crippen LogP contribution in [0, 0.1) is 10.1 Å². The lowest BCUT2D eigenvalue weighted by Gasteiger charge is -2.20. The van der Waals surface area contributed by atoms with Crippen molar-refractivity contribution in [2.45, 2.75) is 26.1 Å². The summed E-state index contributed by atoms with van der Waals surface area (Å²) in [5, 5.41) is 17.3. The maximum atomic E-state index is 12.4. The van der Waals surface area contributed by atoms with Crippen LogP contribution in [0.1, 0.15) is 25.1 Å². The molecule has 2 aromatic rings. The molecular formula is C18H17Cl3N4O7S. The fourth-order valence-corrected chi connectivity index (χ4v) is 2.92. The highest BCUT2D eigenvalue weighted by molar-refractivity contribution is 7.14. The molecule has 0 spiro atoms. The van der Waals surface area contributed by atoms with Crippen molar-refractivity contribution in [3.05, 3.63) is 51.0 Å². The molecule has 178 valence electrons. The van der Waals surface area contributed by atoms with Crippen LogP contribution in [0.15, 0.2) is 34.8 Å². The van der Waals surface area contributed by atoms with E-state index in [9.17, 15) is 24.5 Å². The van der Waals surface area contributed by atoms with Gasteiger partial charge in [-0.3, -0.25) is 19.7 Å². The maximum Gasteiger partial charge on any atom is 0.353 e. The third-order valence-electron chi connectivity index (χ3n) is 3.67. The maximum absolute atomic E-state index is 12.4. The minimum Gasteiger partial charge on any atom is -0.458 e. The van der Waals surface area contributed by atoms with Crippen LogP contribution in [0.4, 0.5) is 10.8 Å². The quantitative estimate of drug-likeness (QED) is 0.120. The van der Waals surface area contributed by atoms with Gasteiger partial charge in [-0.15, -0.1) is 35.3 Å². The molecule has 0 aliphatic rings. The standard InChI is InChI=1S/C18H16Cl2N4O7S.ClH/c1-18(2,16(27)30-8-10-3-5-11(6-4-10)24(28)29)31-23-14(15(20)26)12-9-32-17(21-12)22-13(25)7-19;/h3-6,9H,7-8H2,1-2H3,(H,21,22,25);1H/b23-14-;. The van der Waals surface area contributed by atoms with E-state index >= 15 is 0 Å². The largest absolute Gasteiger partial charge is 0.458 e. The summed E-state index contributed by atoms with van der Waals surface area (Å²) in [6, 6.07) is 5.46. The molecule has 0 unspecified atom stereocenters. The number of rotatable bonds is 10. The number of amides is 1. The Bertz CT molecular complexity index is 1060. The summed E-state index contributed by atoms with van der Waals surface area (Å²) in [5.74, 6) is -1.57. The number of alkyl halides is 1. The second kappa shape index (κ2) is 12.4. The molecule has 0 radical (unpaired) electrons. The summed E-state index contributed by atoms with van der Waals surface area (Å²) in [4.78, 5) is 54.8. The van der Waals surface area contributed by atoms with Gasteiger partial charge in [0.05, 0.1) is 4.92 Å². The minimum atomic E-state index is -1.61. The highest BCUT2D eigenvalue weighted by atomic mass is 35.5. The monoisotopic (exact) mass is 538 g/mol. The first-order valence-electron chi connectivity index (χ1n) is 8.71. The van der Waals surface area contributed by atoms with E-state index in [-0.39, 0.29) is 47.1 Å². The molecular weight excluding hydrogens is 523 g/mol. The number of esters is 1. The van der Waals surface area contributed by atoms with Gasteiger partial charge in [-0.2, -0.15) is 0 Å². The van der Waals surface area contributed by atoms with Crippen LogP contribution in [0.5, 0.6) is 0 Å². The van der Waals surface area contributed by atoms with Crippen LogP contribution in [-0.4, -0.2) is 44.2 Å². The number of nitro benzene ring substituents is 1. The molecule has 0 aliphatic carbocycles. The van der Waals surface area contributed by atoms with Gasteiger partial charge in [-0.1, -0.05) is 5.16 Å². The number of benzene rings is 1. The lowest BCUT2D eigenvalue weighted by atomic mass is 10.1. The number of thiazole rings is 1. The Hall–Kier alpha value is -2.80. The Labute approximate surface area is 207 Å². The van der Waals surface area contributed by atoms with E-state index in [1.807, 2.05) is 0 Å². The van der Waals surface area contributed by atoms with E-state index in [1.54, 1.807) is 0 Å². The van der Waals surface area contributed by atoms with Gasteiger partial charge >= 0.3 is 5.97 Å². The first-order chi connectivity index (χ1) is 15.0. The SMILES string of the molecule is CC(C)(O/N=C(\C(=O)Cl)c1csc(NC(=O)CCl)n1)C(=O)OCc1ccc([N+](=O)[O-])cc1.Cl. The van der Waals surface area contributed by atoms with E-state index < -0.39 is 27.6 Å². The van der Waals surface area contributed by atoms with E-state index in [4.69, 9.17) is 32.8 Å². The van der Waals surface area contributed by atoms with Gasteiger partial charge < -0.3 is 14.9 Å². The molecule has 1 heterocycles. The van der Waals surface area contributed by atoms with E-state index in [1.165, 1.54) is 43.5 Å². The van der Waals surface area contributed by atoms with Crippen molar-refractivity contribution in [2.75, 3.05) is 11.2 Å². The molecule has 1 aromatic carbocycles. The average Bonchev–Trinajstić information content (AvgIpc) is 3.19. The van der Waals surface area contributed by atoms with Gasteiger partial charge in [0.15, 0.2) is 10.8 Å². The Morgan fingerprint density at radius 2 is 1.91 bits per heavy atom. The summed E-state index contributed by atoms with van der Waals surface area (Å²) in [6.45, 7) is 2.56. The fourth-order valence-electron chi connectivity index (χ4n) is 2.01. The second-order valence-corrected chi connectivity index (χ2v) is 8.00. The zero-order valence-electron chi connectivity index (χ0n) is 17.1.